The minimum atomic E-state index is -1.61. The lowest BCUT2D eigenvalue weighted by Gasteiger charge is -2.23. The molecule has 0 radical (unpaired) electrons. The van der Waals surface area contributed by atoms with Crippen LogP contribution in [0.4, 0.5) is 0 Å². The SMILES string of the molecule is CC(C)C[C@H](NC(=O)CCCCC1CCSS1)C(=O)NC(Cc1ccc(Br)cc1)C(=O)C(=O)O. The second kappa shape index (κ2) is 14.8. The van der Waals surface area contributed by atoms with Crippen molar-refractivity contribution < 1.29 is 24.3 Å². The van der Waals surface area contributed by atoms with Crippen LogP contribution in [0.5, 0.6) is 0 Å². The summed E-state index contributed by atoms with van der Waals surface area (Å²) in [5.41, 5.74) is 0.714. The van der Waals surface area contributed by atoms with Crippen molar-refractivity contribution in [3.8, 4) is 0 Å². The van der Waals surface area contributed by atoms with Crippen LogP contribution in [-0.4, -0.2) is 51.8 Å². The van der Waals surface area contributed by atoms with Crippen molar-refractivity contribution in [2.75, 3.05) is 5.75 Å². The van der Waals surface area contributed by atoms with Gasteiger partial charge in [-0.15, -0.1) is 0 Å². The molecule has 1 saturated heterocycles. The molecule has 2 amide bonds. The first-order valence-corrected chi connectivity index (χ1v) is 14.7. The second-order valence-electron chi connectivity index (χ2n) is 8.89. The number of nitrogens with one attached hydrogen (secondary N) is 2. The zero-order valence-corrected chi connectivity index (χ0v) is 22.8. The van der Waals surface area contributed by atoms with Gasteiger partial charge in [0.2, 0.25) is 11.8 Å². The second-order valence-corrected chi connectivity index (χ2v) is 12.6. The number of amides is 2. The maximum absolute atomic E-state index is 13.0. The average Bonchev–Trinajstić information content (AvgIpc) is 3.30. The van der Waals surface area contributed by atoms with E-state index < -0.39 is 29.7 Å². The highest BCUT2D eigenvalue weighted by Gasteiger charge is 2.30. The van der Waals surface area contributed by atoms with Crippen LogP contribution >= 0.6 is 37.5 Å². The van der Waals surface area contributed by atoms with Gasteiger partial charge in [-0.05, 0) is 49.3 Å². The van der Waals surface area contributed by atoms with Crippen molar-refractivity contribution in [3.63, 3.8) is 0 Å². The number of benzene rings is 1. The summed E-state index contributed by atoms with van der Waals surface area (Å²) in [5, 5.41) is 15.3. The molecule has 1 aliphatic rings. The van der Waals surface area contributed by atoms with E-state index in [9.17, 15) is 24.3 Å². The molecule has 7 nitrogen and oxygen atoms in total. The quantitative estimate of drug-likeness (QED) is 0.172. The maximum atomic E-state index is 13.0. The number of aliphatic carboxylic acids is 1. The van der Waals surface area contributed by atoms with Gasteiger partial charge in [0.05, 0.1) is 0 Å². The number of carbonyl (C=O) groups excluding carboxylic acids is 3. The molecular weight excluding hydrogens is 540 g/mol. The molecule has 1 fully saturated rings. The smallest absolute Gasteiger partial charge is 0.374 e. The van der Waals surface area contributed by atoms with Gasteiger partial charge in [0.1, 0.15) is 12.1 Å². The van der Waals surface area contributed by atoms with E-state index in [1.165, 1.54) is 12.2 Å². The van der Waals surface area contributed by atoms with E-state index >= 15 is 0 Å². The highest BCUT2D eigenvalue weighted by atomic mass is 79.9. The fraction of sp³-hybridized carbons (Fsp3) is 0.583. The first-order chi connectivity index (χ1) is 16.2. The van der Waals surface area contributed by atoms with E-state index in [2.05, 4.69) is 26.6 Å². The number of carboxylic acid groups (broad SMARTS) is 1. The van der Waals surface area contributed by atoms with Gasteiger partial charge in [0, 0.05) is 28.3 Å². The zero-order chi connectivity index (χ0) is 25.1. The molecule has 34 heavy (non-hydrogen) atoms. The van der Waals surface area contributed by atoms with Gasteiger partial charge in [-0.25, -0.2) is 4.79 Å². The van der Waals surface area contributed by atoms with Crippen LogP contribution in [0, 0.1) is 5.92 Å². The van der Waals surface area contributed by atoms with E-state index in [1.54, 1.807) is 24.3 Å². The van der Waals surface area contributed by atoms with Gasteiger partial charge in [-0.2, -0.15) is 0 Å². The Hall–Kier alpha value is -1.52. The lowest BCUT2D eigenvalue weighted by Crippen LogP contribution is -2.53. The largest absolute Gasteiger partial charge is 0.475 e. The first kappa shape index (κ1) is 28.7. The predicted octanol–water partition coefficient (Wildman–Crippen LogP) is 4.38. The van der Waals surface area contributed by atoms with E-state index in [-0.39, 0.29) is 18.2 Å². The molecule has 10 heteroatoms. The minimum absolute atomic E-state index is 0.0456. The van der Waals surface area contributed by atoms with Crippen molar-refractivity contribution in [1.29, 1.82) is 0 Å². The molecule has 1 aliphatic heterocycles. The number of halogens is 1. The van der Waals surface area contributed by atoms with Gasteiger partial charge >= 0.3 is 5.97 Å². The maximum Gasteiger partial charge on any atom is 0.374 e. The number of unbranched alkanes of at least 4 members (excludes halogenated alkanes) is 1. The molecule has 0 aliphatic carbocycles. The highest BCUT2D eigenvalue weighted by molar-refractivity contribution is 9.10. The van der Waals surface area contributed by atoms with E-state index in [4.69, 9.17) is 0 Å². The summed E-state index contributed by atoms with van der Waals surface area (Å²) in [6, 6.07) is 5.03. The Kier molecular flexibility index (Phi) is 12.5. The molecule has 3 atom stereocenters. The zero-order valence-electron chi connectivity index (χ0n) is 19.6. The predicted molar refractivity (Wildman–Crippen MR) is 141 cm³/mol. The summed E-state index contributed by atoms with van der Waals surface area (Å²) in [5.74, 6) is -2.14. The van der Waals surface area contributed by atoms with Gasteiger partial charge in [0.15, 0.2) is 0 Å². The average molecular weight is 574 g/mol. The van der Waals surface area contributed by atoms with Crippen molar-refractivity contribution in [2.24, 2.45) is 5.92 Å². The molecule has 2 rings (SSSR count). The van der Waals surface area contributed by atoms with Crippen LogP contribution in [0.25, 0.3) is 0 Å². The molecule has 1 aromatic rings. The number of carbonyl (C=O) groups is 4. The van der Waals surface area contributed by atoms with Gasteiger partial charge in [-0.3, -0.25) is 14.4 Å². The van der Waals surface area contributed by atoms with Crippen LogP contribution in [0.2, 0.25) is 0 Å². The fourth-order valence-electron chi connectivity index (χ4n) is 3.68. The summed E-state index contributed by atoms with van der Waals surface area (Å²) in [4.78, 5) is 49.2. The summed E-state index contributed by atoms with van der Waals surface area (Å²) in [7, 11) is 3.83. The summed E-state index contributed by atoms with van der Waals surface area (Å²) >= 11 is 3.34. The number of hydrogen-bond donors (Lipinski definition) is 3. The molecule has 0 spiro atoms. The summed E-state index contributed by atoms with van der Waals surface area (Å²) in [6.07, 6.45) is 4.80. The van der Waals surface area contributed by atoms with Crippen molar-refractivity contribution in [1.82, 2.24) is 10.6 Å². The normalized spacial score (nSPS) is 17.2. The molecule has 2 unspecified atom stereocenters. The summed E-state index contributed by atoms with van der Waals surface area (Å²) in [6.45, 7) is 3.87. The van der Waals surface area contributed by atoms with Crippen LogP contribution < -0.4 is 10.6 Å². The fourth-order valence-corrected chi connectivity index (χ4v) is 6.97. The third-order valence-electron chi connectivity index (χ3n) is 5.46. The van der Waals surface area contributed by atoms with Gasteiger partial charge in [0.25, 0.3) is 5.78 Å². The molecular formula is C24H33BrN2O5S2. The summed E-state index contributed by atoms with van der Waals surface area (Å²) < 4.78 is 0.849. The Morgan fingerprint density at radius 2 is 1.79 bits per heavy atom. The molecule has 1 heterocycles. The number of carboxylic acids is 1. The lowest BCUT2D eigenvalue weighted by molar-refractivity contribution is -0.150. The molecule has 0 saturated carbocycles. The standard InChI is InChI=1S/C24H33BrN2O5S2/c1-15(2)13-20(26-21(28)6-4-3-5-18-11-12-33-34-18)23(30)27-19(22(29)24(31)32)14-16-7-9-17(25)10-8-16/h7-10,15,18-20H,3-6,11-14H2,1-2H3,(H,26,28)(H,27,30)(H,31,32)/t18?,19?,20-/m0/s1. The topological polar surface area (TPSA) is 113 Å². The highest BCUT2D eigenvalue weighted by Crippen LogP contribution is 2.39. The molecule has 188 valence electrons. The number of rotatable bonds is 14. The Morgan fingerprint density at radius 1 is 1.09 bits per heavy atom. The number of Topliss-reactive ketones (excluding diaryl/α,β-unsaturated/α-hetero) is 1. The van der Waals surface area contributed by atoms with Crippen molar-refractivity contribution >= 4 is 61.1 Å². The van der Waals surface area contributed by atoms with E-state index in [1.807, 2.05) is 35.4 Å². The van der Waals surface area contributed by atoms with Gasteiger partial charge in [-0.1, -0.05) is 69.9 Å². The Morgan fingerprint density at radius 3 is 2.38 bits per heavy atom. The van der Waals surface area contributed by atoms with E-state index in [0.717, 1.165) is 23.7 Å². The first-order valence-electron chi connectivity index (χ1n) is 11.5. The van der Waals surface area contributed by atoms with Crippen LogP contribution in [0.15, 0.2) is 28.7 Å². The Labute approximate surface area is 217 Å². The van der Waals surface area contributed by atoms with Crippen LogP contribution in [0.1, 0.15) is 57.9 Å². The van der Waals surface area contributed by atoms with Gasteiger partial charge < -0.3 is 15.7 Å². The third kappa shape index (κ3) is 10.4. The molecule has 3 N–H and O–H groups in total. The Bertz CT molecular complexity index is 844. The Balaban J connectivity index is 1.96. The van der Waals surface area contributed by atoms with Crippen molar-refractivity contribution in [3.05, 3.63) is 34.3 Å². The lowest BCUT2D eigenvalue weighted by atomic mass is 9.99. The van der Waals surface area contributed by atoms with Crippen molar-refractivity contribution in [2.45, 2.75) is 76.1 Å². The third-order valence-corrected chi connectivity index (χ3v) is 9.00. The number of ketones is 1. The van der Waals surface area contributed by atoms with Crippen LogP contribution in [-0.2, 0) is 25.6 Å². The molecule has 1 aromatic carbocycles. The molecule has 0 aromatic heterocycles. The monoisotopic (exact) mass is 572 g/mol. The number of hydrogen-bond acceptors (Lipinski definition) is 6. The van der Waals surface area contributed by atoms with Crippen LogP contribution in [0.3, 0.4) is 0 Å². The minimum Gasteiger partial charge on any atom is -0.475 e. The van der Waals surface area contributed by atoms with E-state index in [0.29, 0.717) is 23.7 Å². The molecule has 0 bridgehead atoms.